The Morgan fingerprint density at radius 1 is 1.06 bits per heavy atom. The van der Waals surface area contributed by atoms with Crippen molar-refractivity contribution in [2.24, 2.45) is 0 Å². The lowest BCUT2D eigenvalue weighted by atomic mass is 9.90. The average molecular weight is 438 g/mol. The van der Waals surface area contributed by atoms with Crippen molar-refractivity contribution in [1.82, 2.24) is 10.3 Å². The van der Waals surface area contributed by atoms with Crippen LogP contribution < -0.4 is 10.6 Å². The predicted molar refractivity (Wildman–Crippen MR) is 115 cm³/mol. The number of carbonyl (C=O) groups excluding carboxylic acids is 1. The van der Waals surface area contributed by atoms with Crippen LogP contribution in [0.15, 0.2) is 54.6 Å². The number of nitrogens with zero attached hydrogens (tertiary/aromatic N) is 2. The molecule has 2 unspecified atom stereocenters. The van der Waals surface area contributed by atoms with E-state index in [2.05, 4.69) is 15.6 Å². The maximum Gasteiger partial charge on any atom is 0.433 e. The SMILES string of the molecule is N#Cc1ccccc1C(=O)NC1CCCC(Nc2cc(C(F)(F)F)nc3ccccc23)C1. The monoisotopic (exact) mass is 438 g/mol. The van der Waals surface area contributed by atoms with Gasteiger partial charge in [0.1, 0.15) is 5.69 Å². The van der Waals surface area contributed by atoms with E-state index in [4.69, 9.17) is 0 Å². The summed E-state index contributed by atoms with van der Waals surface area (Å²) in [6.07, 6.45) is -1.61. The van der Waals surface area contributed by atoms with E-state index in [-0.39, 0.29) is 23.5 Å². The number of rotatable bonds is 4. The number of amides is 1. The number of pyridine rings is 1. The van der Waals surface area contributed by atoms with Gasteiger partial charge in [-0.05, 0) is 49.9 Å². The van der Waals surface area contributed by atoms with E-state index in [1.165, 1.54) is 0 Å². The van der Waals surface area contributed by atoms with Crippen LogP contribution in [0, 0.1) is 11.3 Å². The molecular weight excluding hydrogens is 417 g/mol. The maximum atomic E-state index is 13.3. The van der Waals surface area contributed by atoms with E-state index >= 15 is 0 Å². The number of hydrogen-bond acceptors (Lipinski definition) is 4. The number of fused-ring (bicyclic) bond motifs is 1. The van der Waals surface area contributed by atoms with Gasteiger partial charge >= 0.3 is 6.18 Å². The summed E-state index contributed by atoms with van der Waals surface area (Å²) in [5.74, 6) is -0.318. The summed E-state index contributed by atoms with van der Waals surface area (Å²) >= 11 is 0. The van der Waals surface area contributed by atoms with Gasteiger partial charge in [-0.1, -0.05) is 30.3 Å². The van der Waals surface area contributed by atoms with Crippen LogP contribution in [0.1, 0.15) is 47.3 Å². The number of para-hydroxylation sites is 1. The van der Waals surface area contributed by atoms with Crippen LogP contribution in [0.4, 0.5) is 18.9 Å². The first kappa shape index (κ1) is 21.6. The van der Waals surface area contributed by atoms with E-state index in [9.17, 15) is 23.2 Å². The summed E-state index contributed by atoms with van der Waals surface area (Å²) in [7, 11) is 0. The van der Waals surface area contributed by atoms with Crippen LogP contribution in [0.25, 0.3) is 10.9 Å². The number of anilines is 1. The lowest BCUT2D eigenvalue weighted by Crippen LogP contribution is -2.42. The lowest BCUT2D eigenvalue weighted by Gasteiger charge is -2.31. The first-order valence-electron chi connectivity index (χ1n) is 10.4. The Morgan fingerprint density at radius 2 is 1.78 bits per heavy atom. The molecule has 2 atom stereocenters. The molecule has 8 heteroatoms. The topological polar surface area (TPSA) is 77.8 Å². The molecule has 3 aromatic rings. The van der Waals surface area contributed by atoms with Gasteiger partial charge in [0.25, 0.3) is 5.91 Å². The highest BCUT2D eigenvalue weighted by Gasteiger charge is 2.34. The van der Waals surface area contributed by atoms with Crippen molar-refractivity contribution in [3.8, 4) is 6.07 Å². The number of aromatic nitrogens is 1. The quantitative estimate of drug-likeness (QED) is 0.581. The molecule has 2 N–H and O–H groups in total. The number of hydrogen-bond donors (Lipinski definition) is 2. The third kappa shape index (κ3) is 4.67. The molecule has 1 saturated carbocycles. The number of nitriles is 1. The normalized spacial score (nSPS) is 18.7. The van der Waals surface area contributed by atoms with Crippen LogP contribution in [-0.4, -0.2) is 23.0 Å². The molecule has 1 fully saturated rings. The van der Waals surface area contributed by atoms with Crippen molar-refractivity contribution < 1.29 is 18.0 Å². The fourth-order valence-corrected chi connectivity index (χ4v) is 4.15. The van der Waals surface area contributed by atoms with E-state index < -0.39 is 11.9 Å². The number of halogens is 3. The fraction of sp³-hybridized carbons (Fsp3) is 0.292. The number of benzene rings is 2. The van der Waals surface area contributed by atoms with Gasteiger partial charge in [0.2, 0.25) is 0 Å². The molecule has 1 heterocycles. The molecule has 0 saturated heterocycles. The summed E-state index contributed by atoms with van der Waals surface area (Å²) in [5.41, 5.74) is 0.347. The fourth-order valence-electron chi connectivity index (χ4n) is 4.15. The Balaban J connectivity index is 1.52. The molecule has 0 radical (unpaired) electrons. The smallest absolute Gasteiger partial charge is 0.382 e. The summed E-state index contributed by atoms with van der Waals surface area (Å²) in [4.78, 5) is 16.4. The van der Waals surface area contributed by atoms with Gasteiger partial charge in [-0.3, -0.25) is 4.79 Å². The predicted octanol–water partition coefficient (Wildman–Crippen LogP) is 5.28. The number of carbonyl (C=O) groups is 1. The van der Waals surface area contributed by atoms with Crippen molar-refractivity contribution >= 4 is 22.5 Å². The zero-order valence-electron chi connectivity index (χ0n) is 17.1. The highest BCUT2D eigenvalue weighted by atomic mass is 19.4. The Morgan fingerprint density at radius 3 is 2.56 bits per heavy atom. The van der Waals surface area contributed by atoms with Crippen molar-refractivity contribution in [2.45, 2.75) is 43.9 Å². The molecule has 4 rings (SSSR count). The lowest BCUT2D eigenvalue weighted by molar-refractivity contribution is -0.140. The van der Waals surface area contributed by atoms with Crippen LogP contribution in [0.2, 0.25) is 0 Å². The second-order valence-electron chi connectivity index (χ2n) is 7.91. The standard InChI is InChI=1S/C24H21F3N4O/c25-24(26,27)22-13-21(19-10-3-4-11-20(19)31-22)29-16-7-5-8-17(12-16)30-23(32)18-9-2-1-6-15(18)14-28/h1-4,6,9-11,13,16-17H,5,7-8,12H2,(H,29,31)(H,30,32). The van der Waals surface area contributed by atoms with Gasteiger partial charge in [-0.2, -0.15) is 18.4 Å². The Bertz CT molecular complexity index is 1190. The van der Waals surface area contributed by atoms with Gasteiger partial charge < -0.3 is 10.6 Å². The second-order valence-corrected chi connectivity index (χ2v) is 7.91. The van der Waals surface area contributed by atoms with E-state index in [0.717, 1.165) is 25.3 Å². The molecule has 1 amide bonds. The van der Waals surface area contributed by atoms with Crippen molar-refractivity contribution in [1.29, 1.82) is 5.26 Å². The summed E-state index contributed by atoms with van der Waals surface area (Å²) < 4.78 is 40.0. The van der Waals surface area contributed by atoms with Gasteiger partial charge in [0, 0.05) is 23.2 Å². The number of alkyl halides is 3. The van der Waals surface area contributed by atoms with E-state index in [1.807, 2.05) is 6.07 Å². The molecule has 1 aliphatic rings. The highest BCUT2D eigenvalue weighted by Crippen LogP contribution is 2.34. The first-order chi connectivity index (χ1) is 15.3. The zero-order valence-corrected chi connectivity index (χ0v) is 17.1. The minimum atomic E-state index is -4.54. The van der Waals surface area contributed by atoms with Crippen molar-refractivity contribution in [3.05, 3.63) is 71.4 Å². The van der Waals surface area contributed by atoms with Gasteiger partial charge in [0.05, 0.1) is 22.7 Å². The summed E-state index contributed by atoms with van der Waals surface area (Å²) in [6, 6.07) is 16.1. The minimum absolute atomic E-state index is 0.104. The molecule has 164 valence electrons. The molecular formula is C24H21F3N4O. The Labute approximate surface area is 183 Å². The van der Waals surface area contributed by atoms with Crippen molar-refractivity contribution in [2.75, 3.05) is 5.32 Å². The van der Waals surface area contributed by atoms with E-state index in [0.29, 0.717) is 28.6 Å². The molecule has 0 aliphatic heterocycles. The summed E-state index contributed by atoms with van der Waals surface area (Å²) in [6.45, 7) is 0. The van der Waals surface area contributed by atoms with Crippen molar-refractivity contribution in [3.63, 3.8) is 0 Å². The average Bonchev–Trinajstić information content (AvgIpc) is 2.78. The van der Waals surface area contributed by atoms with Gasteiger partial charge in [-0.25, -0.2) is 4.98 Å². The molecule has 0 spiro atoms. The zero-order chi connectivity index (χ0) is 22.7. The van der Waals surface area contributed by atoms with Crippen LogP contribution in [-0.2, 0) is 6.18 Å². The molecule has 32 heavy (non-hydrogen) atoms. The first-order valence-corrected chi connectivity index (χ1v) is 10.4. The van der Waals surface area contributed by atoms with Crippen LogP contribution in [0.5, 0.6) is 0 Å². The third-order valence-electron chi connectivity index (χ3n) is 5.67. The molecule has 1 aliphatic carbocycles. The second kappa shape index (κ2) is 8.87. The summed E-state index contributed by atoms with van der Waals surface area (Å²) in [5, 5.41) is 16.1. The molecule has 1 aromatic heterocycles. The molecule has 0 bridgehead atoms. The minimum Gasteiger partial charge on any atom is -0.382 e. The molecule has 2 aromatic carbocycles. The van der Waals surface area contributed by atoms with E-state index in [1.54, 1.807) is 48.5 Å². The van der Waals surface area contributed by atoms with Crippen LogP contribution in [0.3, 0.4) is 0 Å². The Kier molecular flexibility index (Phi) is 5.99. The molecule has 5 nitrogen and oxygen atoms in total. The number of nitrogens with one attached hydrogen (secondary N) is 2. The van der Waals surface area contributed by atoms with Crippen LogP contribution >= 0.6 is 0 Å². The Hall–Kier alpha value is -3.60. The third-order valence-corrected chi connectivity index (χ3v) is 5.67. The highest BCUT2D eigenvalue weighted by molar-refractivity contribution is 5.96. The maximum absolute atomic E-state index is 13.3. The van der Waals surface area contributed by atoms with Gasteiger partial charge in [0.15, 0.2) is 0 Å². The largest absolute Gasteiger partial charge is 0.433 e. The van der Waals surface area contributed by atoms with Gasteiger partial charge in [-0.15, -0.1) is 0 Å².